The molecule has 0 rings (SSSR count). The van der Waals surface area contributed by atoms with E-state index in [1.807, 2.05) is 0 Å². The Labute approximate surface area is 139 Å². The van der Waals surface area contributed by atoms with E-state index in [4.69, 9.17) is 5.11 Å². The van der Waals surface area contributed by atoms with Crippen molar-refractivity contribution in [3.63, 3.8) is 0 Å². The Morgan fingerprint density at radius 3 is 1.53 bits per heavy atom. The normalized spacial score (nSPS) is 10.4. The van der Waals surface area contributed by atoms with Gasteiger partial charge in [-0.1, -0.05) is 65.2 Å². The first kappa shape index (κ1) is 18.9. The van der Waals surface area contributed by atoms with Crippen LogP contribution in [0.15, 0.2) is 0 Å². The Hall–Kier alpha value is 1.60. The maximum Gasteiger partial charge on any atom is 0.0431 e. The summed E-state index contributed by atoms with van der Waals surface area (Å²) in [5.41, 5.74) is 0. The molecule has 87 valence electrons. The standard InChI is InChI=1S/C13H28O.K/c1-13(2)11-9-7-5-3-4-6-8-10-12-14;/h13-14H,3-12H2,1-2H3;. The Morgan fingerprint density at radius 1 is 0.733 bits per heavy atom. The summed E-state index contributed by atoms with van der Waals surface area (Å²) in [6.07, 6.45) is 11.9. The molecule has 0 heterocycles. The molecule has 0 spiro atoms. The van der Waals surface area contributed by atoms with Gasteiger partial charge in [0.1, 0.15) is 0 Å². The molecule has 0 amide bonds. The van der Waals surface area contributed by atoms with Crippen LogP contribution in [0.5, 0.6) is 0 Å². The molecule has 1 radical (unpaired) electrons. The van der Waals surface area contributed by atoms with Crippen LogP contribution in [0.25, 0.3) is 0 Å². The first-order valence-corrected chi connectivity index (χ1v) is 6.38. The third kappa shape index (κ3) is 18.2. The van der Waals surface area contributed by atoms with Crippen LogP contribution in [0.2, 0.25) is 0 Å². The van der Waals surface area contributed by atoms with E-state index in [1.165, 1.54) is 51.4 Å². The minimum Gasteiger partial charge on any atom is -0.396 e. The van der Waals surface area contributed by atoms with Gasteiger partial charge >= 0.3 is 0 Å². The molecular formula is C13H28KO. The third-order valence-corrected chi connectivity index (χ3v) is 2.69. The predicted octanol–water partition coefficient (Wildman–Crippen LogP) is 3.76. The predicted molar refractivity (Wildman–Crippen MR) is 69.2 cm³/mol. The molecule has 0 saturated carbocycles. The number of aliphatic hydroxyl groups is 1. The van der Waals surface area contributed by atoms with E-state index in [-0.39, 0.29) is 51.4 Å². The van der Waals surface area contributed by atoms with Crippen molar-refractivity contribution in [1.29, 1.82) is 0 Å². The fourth-order valence-electron chi connectivity index (χ4n) is 1.73. The topological polar surface area (TPSA) is 20.2 Å². The SMILES string of the molecule is CC(C)CCCCCCCCCCO.[K]. The molecule has 0 aliphatic rings. The molecule has 1 nitrogen and oxygen atoms in total. The van der Waals surface area contributed by atoms with Crippen LogP contribution in [0.3, 0.4) is 0 Å². The molecule has 0 fully saturated rings. The number of aliphatic hydroxyl groups excluding tert-OH is 1. The largest absolute Gasteiger partial charge is 0.396 e. The average molecular weight is 239 g/mol. The van der Waals surface area contributed by atoms with Crippen LogP contribution in [-0.4, -0.2) is 63.1 Å². The van der Waals surface area contributed by atoms with Crippen molar-refractivity contribution in [2.45, 2.75) is 71.6 Å². The van der Waals surface area contributed by atoms with Gasteiger partial charge in [0.15, 0.2) is 0 Å². The zero-order valence-corrected chi connectivity index (χ0v) is 14.2. The second-order valence-corrected chi connectivity index (χ2v) is 4.73. The van der Waals surface area contributed by atoms with E-state index in [1.54, 1.807) is 0 Å². The molecular weight excluding hydrogens is 211 g/mol. The molecule has 0 aliphatic heterocycles. The Kier molecular flexibility index (Phi) is 19.7. The fraction of sp³-hybridized carbons (Fsp3) is 1.00. The van der Waals surface area contributed by atoms with E-state index in [9.17, 15) is 0 Å². The summed E-state index contributed by atoms with van der Waals surface area (Å²) in [5, 5.41) is 8.59. The van der Waals surface area contributed by atoms with Gasteiger partial charge in [-0.3, -0.25) is 0 Å². The molecule has 0 atom stereocenters. The van der Waals surface area contributed by atoms with Crippen LogP contribution >= 0.6 is 0 Å². The van der Waals surface area contributed by atoms with Crippen molar-refractivity contribution in [2.75, 3.05) is 6.61 Å². The van der Waals surface area contributed by atoms with Gasteiger partial charge in [0.2, 0.25) is 0 Å². The summed E-state index contributed by atoms with van der Waals surface area (Å²) in [4.78, 5) is 0. The smallest absolute Gasteiger partial charge is 0.0431 e. The summed E-state index contributed by atoms with van der Waals surface area (Å²) >= 11 is 0. The fourth-order valence-corrected chi connectivity index (χ4v) is 1.73. The molecule has 15 heavy (non-hydrogen) atoms. The van der Waals surface area contributed by atoms with E-state index in [0.717, 1.165) is 12.3 Å². The van der Waals surface area contributed by atoms with E-state index >= 15 is 0 Å². The first-order chi connectivity index (χ1) is 6.77. The minimum atomic E-state index is 0. The van der Waals surface area contributed by atoms with Crippen molar-refractivity contribution in [2.24, 2.45) is 5.92 Å². The van der Waals surface area contributed by atoms with Gasteiger partial charge in [-0.05, 0) is 12.3 Å². The maximum absolute atomic E-state index is 8.59. The van der Waals surface area contributed by atoms with Gasteiger partial charge in [0.05, 0.1) is 0 Å². The molecule has 0 aromatic carbocycles. The zero-order chi connectivity index (χ0) is 10.6. The van der Waals surface area contributed by atoms with Gasteiger partial charge in [-0.25, -0.2) is 0 Å². The quantitative estimate of drug-likeness (QED) is 0.454. The maximum atomic E-state index is 8.59. The molecule has 0 aromatic heterocycles. The zero-order valence-electron chi connectivity index (χ0n) is 11.1. The molecule has 0 aliphatic carbocycles. The van der Waals surface area contributed by atoms with Gasteiger partial charge in [-0.15, -0.1) is 0 Å². The van der Waals surface area contributed by atoms with Crippen LogP contribution in [0, 0.1) is 5.92 Å². The minimum absolute atomic E-state index is 0. The number of hydrogen-bond acceptors (Lipinski definition) is 1. The van der Waals surface area contributed by atoms with Crippen molar-refractivity contribution in [3.05, 3.63) is 0 Å². The number of unbranched alkanes of at least 4 members (excludes halogenated alkanes) is 7. The summed E-state index contributed by atoms with van der Waals surface area (Å²) in [6.45, 7) is 4.97. The molecule has 0 saturated heterocycles. The Morgan fingerprint density at radius 2 is 1.13 bits per heavy atom. The van der Waals surface area contributed by atoms with E-state index in [0.29, 0.717) is 6.61 Å². The molecule has 1 N–H and O–H groups in total. The second-order valence-electron chi connectivity index (χ2n) is 4.73. The molecule has 0 aromatic rings. The van der Waals surface area contributed by atoms with Gasteiger partial charge < -0.3 is 5.11 Å². The van der Waals surface area contributed by atoms with Crippen LogP contribution in [0.4, 0.5) is 0 Å². The Balaban J connectivity index is 0. The first-order valence-electron chi connectivity index (χ1n) is 6.38. The summed E-state index contributed by atoms with van der Waals surface area (Å²) in [6, 6.07) is 0. The van der Waals surface area contributed by atoms with Crippen LogP contribution in [-0.2, 0) is 0 Å². The number of rotatable bonds is 10. The second kappa shape index (κ2) is 15.6. The average Bonchev–Trinajstić information content (AvgIpc) is 2.15. The Bertz CT molecular complexity index is 105. The molecule has 0 bridgehead atoms. The number of hydrogen-bond donors (Lipinski definition) is 1. The van der Waals surface area contributed by atoms with Crippen molar-refractivity contribution in [1.82, 2.24) is 0 Å². The van der Waals surface area contributed by atoms with Gasteiger partial charge in [0.25, 0.3) is 0 Å². The van der Waals surface area contributed by atoms with Crippen molar-refractivity contribution >= 4 is 51.4 Å². The van der Waals surface area contributed by atoms with Crippen molar-refractivity contribution in [3.8, 4) is 0 Å². The van der Waals surface area contributed by atoms with Gasteiger partial charge in [-0.2, -0.15) is 0 Å². The molecule has 0 unspecified atom stereocenters. The van der Waals surface area contributed by atoms with Crippen molar-refractivity contribution < 1.29 is 5.11 Å². The van der Waals surface area contributed by atoms with Crippen LogP contribution < -0.4 is 0 Å². The summed E-state index contributed by atoms with van der Waals surface area (Å²) < 4.78 is 0. The monoisotopic (exact) mass is 239 g/mol. The molecule has 2 heteroatoms. The summed E-state index contributed by atoms with van der Waals surface area (Å²) in [5.74, 6) is 0.875. The van der Waals surface area contributed by atoms with E-state index in [2.05, 4.69) is 13.8 Å². The third-order valence-electron chi connectivity index (χ3n) is 2.69. The van der Waals surface area contributed by atoms with Crippen LogP contribution in [0.1, 0.15) is 71.6 Å². The van der Waals surface area contributed by atoms with E-state index < -0.39 is 0 Å². The summed E-state index contributed by atoms with van der Waals surface area (Å²) in [7, 11) is 0. The van der Waals surface area contributed by atoms with Gasteiger partial charge in [0, 0.05) is 58.0 Å².